The first kappa shape index (κ1) is 15.0. The van der Waals surface area contributed by atoms with Crippen LogP contribution < -0.4 is 11.0 Å². The molecule has 2 aromatic heterocycles. The monoisotopic (exact) mass is 317 g/mol. The molecule has 3 rings (SSSR count). The molecule has 22 heavy (non-hydrogen) atoms. The van der Waals surface area contributed by atoms with Gasteiger partial charge in [0.2, 0.25) is 5.91 Å². The molecule has 0 unspecified atom stereocenters. The number of nitrogens with zero attached hydrogens (tertiary/aromatic N) is 2. The van der Waals surface area contributed by atoms with Gasteiger partial charge < -0.3 is 5.32 Å². The molecule has 1 fully saturated rings. The molecule has 0 saturated heterocycles. The van der Waals surface area contributed by atoms with Crippen LogP contribution in [0, 0.1) is 0 Å². The lowest BCUT2D eigenvalue weighted by atomic mass is 9.84. The lowest BCUT2D eigenvalue weighted by Gasteiger charge is -2.28. The fourth-order valence-electron chi connectivity index (χ4n) is 3.13. The Hall–Kier alpha value is -1.95. The van der Waals surface area contributed by atoms with Crippen LogP contribution in [0.5, 0.6) is 0 Å². The summed E-state index contributed by atoms with van der Waals surface area (Å²) < 4.78 is 1.32. The van der Waals surface area contributed by atoms with Crippen LogP contribution in [-0.2, 0) is 16.8 Å². The van der Waals surface area contributed by atoms with Crippen LogP contribution in [0.15, 0.2) is 40.8 Å². The summed E-state index contributed by atoms with van der Waals surface area (Å²) in [7, 11) is 0. The Labute approximate surface area is 133 Å². The third-order valence-electron chi connectivity index (χ3n) is 4.33. The topological polar surface area (TPSA) is 64.0 Å². The minimum absolute atomic E-state index is 0.0210. The van der Waals surface area contributed by atoms with E-state index in [2.05, 4.69) is 27.8 Å². The molecule has 6 heteroatoms. The Morgan fingerprint density at radius 1 is 1.36 bits per heavy atom. The molecule has 0 aliphatic heterocycles. The minimum Gasteiger partial charge on any atom is -0.354 e. The molecule has 0 spiro atoms. The highest BCUT2D eigenvalue weighted by molar-refractivity contribution is 7.10. The van der Waals surface area contributed by atoms with Gasteiger partial charge >= 0.3 is 5.69 Å². The Balaban J connectivity index is 1.65. The number of rotatable bonds is 5. The molecule has 1 amide bonds. The average Bonchev–Trinajstić information content (AvgIpc) is 3.19. The van der Waals surface area contributed by atoms with Gasteiger partial charge in [-0.3, -0.25) is 9.36 Å². The van der Waals surface area contributed by atoms with E-state index >= 15 is 0 Å². The van der Waals surface area contributed by atoms with Crippen LogP contribution in [0.25, 0.3) is 0 Å². The highest BCUT2D eigenvalue weighted by Gasteiger charge is 2.36. The summed E-state index contributed by atoms with van der Waals surface area (Å²) in [4.78, 5) is 28.7. The van der Waals surface area contributed by atoms with Crippen molar-refractivity contribution in [3.63, 3.8) is 0 Å². The average molecular weight is 317 g/mol. The second-order valence-corrected chi connectivity index (χ2v) is 6.72. The second-order valence-electron chi connectivity index (χ2n) is 5.77. The molecule has 0 bridgehead atoms. The van der Waals surface area contributed by atoms with Gasteiger partial charge in [0.15, 0.2) is 0 Å². The number of carbonyl (C=O) groups is 1. The molecule has 1 aliphatic rings. The Morgan fingerprint density at radius 2 is 2.18 bits per heavy atom. The zero-order valence-electron chi connectivity index (χ0n) is 12.3. The summed E-state index contributed by atoms with van der Waals surface area (Å²) in [5.41, 5.74) is -0.324. The number of hydrogen-bond donors (Lipinski definition) is 1. The lowest BCUT2D eigenvalue weighted by molar-refractivity contribution is -0.122. The van der Waals surface area contributed by atoms with E-state index in [1.54, 1.807) is 23.6 Å². The molecular weight excluding hydrogens is 298 g/mol. The summed E-state index contributed by atoms with van der Waals surface area (Å²) in [5, 5.41) is 5.10. The second kappa shape index (κ2) is 6.44. The van der Waals surface area contributed by atoms with Gasteiger partial charge in [-0.05, 0) is 30.4 Å². The fraction of sp³-hybridized carbons (Fsp3) is 0.438. The molecule has 0 aromatic carbocycles. The number of thiophene rings is 1. The smallest absolute Gasteiger partial charge is 0.347 e. The van der Waals surface area contributed by atoms with Crippen molar-refractivity contribution >= 4 is 17.2 Å². The van der Waals surface area contributed by atoms with Crippen molar-refractivity contribution in [3.05, 3.63) is 51.3 Å². The van der Waals surface area contributed by atoms with Crippen LogP contribution in [0.1, 0.15) is 30.6 Å². The Kier molecular flexibility index (Phi) is 4.38. The van der Waals surface area contributed by atoms with Gasteiger partial charge in [0.05, 0.1) is 0 Å². The molecule has 2 aromatic rings. The van der Waals surface area contributed by atoms with Gasteiger partial charge in [0.1, 0.15) is 6.54 Å². The first-order chi connectivity index (χ1) is 10.7. The number of aromatic nitrogens is 2. The van der Waals surface area contributed by atoms with Crippen molar-refractivity contribution in [2.45, 2.75) is 37.6 Å². The lowest BCUT2D eigenvalue weighted by Crippen LogP contribution is -2.41. The van der Waals surface area contributed by atoms with Gasteiger partial charge in [-0.1, -0.05) is 18.9 Å². The van der Waals surface area contributed by atoms with Crippen molar-refractivity contribution in [2.75, 3.05) is 6.54 Å². The predicted molar refractivity (Wildman–Crippen MR) is 86.0 cm³/mol. The van der Waals surface area contributed by atoms with Crippen LogP contribution in [-0.4, -0.2) is 22.0 Å². The normalized spacial score (nSPS) is 16.5. The SMILES string of the molecule is O=C(Cn1cccnc1=O)NCC1(c2cccs2)CCCC1. The van der Waals surface area contributed by atoms with E-state index in [0.29, 0.717) is 6.54 Å². The summed E-state index contributed by atoms with van der Waals surface area (Å²) in [5.74, 6) is -0.141. The van der Waals surface area contributed by atoms with E-state index in [4.69, 9.17) is 0 Å². The summed E-state index contributed by atoms with van der Waals surface area (Å²) in [6.07, 6.45) is 7.65. The molecule has 0 atom stereocenters. The highest BCUT2D eigenvalue weighted by atomic mass is 32.1. The van der Waals surface area contributed by atoms with E-state index in [9.17, 15) is 9.59 Å². The predicted octanol–water partition coefficient (Wildman–Crippen LogP) is 1.93. The standard InChI is InChI=1S/C16H19N3O2S/c20-14(11-19-9-4-8-17-15(19)21)18-12-16(6-1-2-7-16)13-5-3-10-22-13/h3-5,8-10H,1-2,6-7,11-12H2,(H,18,20). The number of nitrogens with one attached hydrogen (secondary N) is 1. The third kappa shape index (κ3) is 3.11. The Morgan fingerprint density at radius 3 is 2.86 bits per heavy atom. The van der Waals surface area contributed by atoms with Crippen molar-refractivity contribution in [1.29, 1.82) is 0 Å². The molecule has 0 radical (unpaired) electrons. The zero-order valence-corrected chi connectivity index (χ0v) is 13.1. The van der Waals surface area contributed by atoms with E-state index in [1.807, 2.05) is 0 Å². The molecule has 5 nitrogen and oxygen atoms in total. The van der Waals surface area contributed by atoms with Gasteiger partial charge in [0, 0.05) is 29.2 Å². The molecule has 1 aliphatic carbocycles. The van der Waals surface area contributed by atoms with E-state index in [1.165, 1.54) is 28.5 Å². The maximum Gasteiger partial charge on any atom is 0.347 e. The highest BCUT2D eigenvalue weighted by Crippen LogP contribution is 2.42. The summed E-state index contributed by atoms with van der Waals surface area (Å²) in [6.45, 7) is 0.661. The zero-order chi connectivity index (χ0) is 15.4. The summed E-state index contributed by atoms with van der Waals surface area (Å²) in [6, 6.07) is 5.88. The molecular formula is C16H19N3O2S. The fourth-order valence-corrected chi connectivity index (χ4v) is 4.12. The van der Waals surface area contributed by atoms with Crippen LogP contribution >= 0.6 is 11.3 Å². The van der Waals surface area contributed by atoms with Crippen LogP contribution in [0.4, 0.5) is 0 Å². The van der Waals surface area contributed by atoms with Gasteiger partial charge in [-0.2, -0.15) is 0 Å². The Bertz CT molecular complexity index is 687. The first-order valence-corrected chi connectivity index (χ1v) is 8.40. The first-order valence-electron chi connectivity index (χ1n) is 7.52. The number of carbonyl (C=O) groups excluding carboxylic acids is 1. The minimum atomic E-state index is -0.397. The van der Waals surface area contributed by atoms with E-state index in [-0.39, 0.29) is 17.9 Å². The van der Waals surface area contributed by atoms with Crippen molar-refractivity contribution in [1.82, 2.24) is 14.9 Å². The maximum atomic E-state index is 12.1. The quantitative estimate of drug-likeness (QED) is 0.916. The molecule has 1 N–H and O–H groups in total. The van der Waals surface area contributed by atoms with Gasteiger partial charge in [0.25, 0.3) is 0 Å². The van der Waals surface area contributed by atoms with Gasteiger partial charge in [-0.25, -0.2) is 9.78 Å². The summed E-state index contributed by atoms with van der Waals surface area (Å²) >= 11 is 1.76. The van der Waals surface area contributed by atoms with E-state index < -0.39 is 5.69 Å². The third-order valence-corrected chi connectivity index (χ3v) is 5.44. The van der Waals surface area contributed by atoms with E-state index in [0.717, 1.165) is 12.8 Å². The molecule has 2 heterocycles. The number of amides is 1. The molecule has 116 valence electrons. The van der Waals surface area contributed by atoms with Crippen molar-refractivity contribution in [3.8, 4) is 0 Å². The van der Waals surface area contributed by atoms with Crippen molar-refractivity contribution in [2.24, 2.45) is 0 Å². The van der Waals surface area contributed by atoms with Crippen LogP contribution in [0.2, 0.25) is 0 Å². The van der Waals surface area contributed by atoms with Gasteiger partial charge in [-0.15, -0.1) is 11.3 Å². The maximum absolute atomic E-state index is 12.1. The van der Waals surface area contributed by atoms with Crippen LogP contribution in [0.3, 0.4) is 0 Å². The molecule has 1 saturated carbocycles. The number of hydrogen-bond acceptors (Lipinski definition) is 4. The van der Waals surface area contributed by atoms with Crippen molar-refractivity contribution < 1.29 is 4.79 Å². The largest absolute Gasteiger partial charge is 0.354 e.